The molecule has 0 N–H and O–H groups in total. The van der Waals surface area contributed by atoms with Crippen LogP contribution in [0.15, 0.2) is 48.5 Å². The fourth-order valence-electron chi connectivity index (χ4n) is 1.69. The van der Waals surface area contributed by atoms with Crippen molar-refractivity contribution in [2.45, 2.75) is 13.5 Å². The molecule has 0 bridgehead atoms. The highest BCUT2D eigenvalue weighted by Crippen LogP contribution is 2.17. The number of carbonyl (C=O) groups is 1. The van der Waals surface area contributed by atoms with Gasteiger partial charge in [-0.3, -0.25) is 4.79 Å². The first-order valence-electron chi connectivity index (χ1n) is 6.06. The summed E-state index contributed by atoms with van der Waals surface area (Å²) >= 11 is 0. The fourth-order valence-corrected chi connectivity index (χ4v) is 1.69. The van der Waals surface area contributed by atoms with E-state index in [-0.39, 0.29) is 5.78 Å². The summed E-state index contributed by atoms with van der Waals surface area (Å²) in [6.45, 7) is 2.01. The van der Waals surface area contributed by atoms with E-state index < -0.39 is 0 Å². The molecular formula is C16H16O3. The number of Topliss-reactive ketones (excluding diaryl/α,β-unsaturated/α-hetero) is 1. The highest BCUT2D eigenvalue weighted by atomic mass is 16.5. The van der Waals surface area contributed by atoms with Gasteiger partial charge in [-0.15, -0.1) is 0 Å². The molecule has 2 aromatic carbocycles. The maximum atomic E-state index is 11.3. The van der Waals surface area contributed by atoms with E-state index in [4.69, 9.17) is 9.47 Å². The predicted octanol–water partition coefficient (Wildman–Crippen LogP) is 3.48. The Kier molecular flexibility index (Phi) is 4.18. The minimum absolute atomic E-state index is 0.0369. The second-order valence-electron chi connectivity index (χ2n) is 4.22. The molecule has 0 fully saturated rings. The first-order valence-corrected chi connectivity index (χ1v) is 6.06. The zero-order valence-electron chi connectivity index (χ0n) is 11.1. The van der Waals surface area contributed by atoms with Crippen LogP contribution in [0.1, 0.15) is 22.8 Å². The largest absolute Gasteiger partial charge is 0.497 e. The van der Waals surface area contributed by atoms with Gasteiger partial charge >= 0.3 is 0 Å². The van der Waals surface area contributed by atoms with Crippen molar-refractivity contribution in [1.82, 2.24) is 0 Å². The van der Waals surface area contributed by atoms with Gasteiger partial charge in [0.1, 0.15) is 18.1 Å². The molecule has 2 rings (SSSR count). The van der Waals surface area contributed by atoms with Crippen LogP contribution in [0, 0.1) is 0 Å². The Morgan fingerprint density at radius 1 is 1.05 bits per heavy atom. The SMILES string of the molecule is COc1ccc(COc2cccc(C(C)=O)c2)cc1. The van der Waals surface area contributed by atoms with Gasteiger partial charge in [-0.1, -0.05) is 24.3 Å². The average Bonchev–Trinajstić information content (AvgIpc) is 2.46. The lowest BCUT2D eigenvalue weighted by molar-refractivity contribution is 0.101. The number of ether oxygens (including phenoxy) is 2. The van der Waals surface area contributed by atoms with E-state index in [1.807, 2.05) is 36.4 Å². The molecule has 0 aliphatic heterocycles. The van der Waals surface area contributed by atoms with Gasteiger partial charge in [-0.2, -0.15) is 0 Å². The zero-order chi connectivity index (χ0) is 13.7. The molecule has 98 valence electrons. The molecule has 0 heterocycles. The number of carbonyl (C=O) groups excluding carboxylic acids is 1. The lowest BCUT2D eigenvalue weighted by Gasteiger charge is -2.08. The van der Waals surface area contributed by atoms with Crippen molar-refractivity contribution in [2.75, 3.05) is 7.11 Å². The van der Waals surface area contributed by atoms with E-state index >= 15 is 0 Å². The molecule has 0 radical (unpaired) electrons. The van der Waals surface area contributed by atoms with Crippen molar-refractivity contribution in [3.05, 3.63) is 59.7 Å². The van der Waals surface area contributed by atoms with Crippen LogP contribution in [0.5, 0.6) is 11.5 Å². The van der Waals surface area contributed by atoms with Crippen LogP contribution in [0.2, 0.25) is 0 Å². The smallest absolute Gasteiger partial charge is 0.159 e. The van der Waals surface area contributed by atoms with Gasteiger partial charge in [0.25, 0.3) is 0 Å². The van der Waals surface area contributed by atoms with Crippen molar-refractivity contribution in [3.8, 4) is 11.5 Å². The summed E-state index contributed by atoms with van der Waals surface area (Å²) < 4.78 is 10.8. The lowest BCUT2D eigenvalue weighted by atomic mass is 10.1. The zero-order valence-corrected chi connectivity index (χ0v) is 11.1. The van der Waals surface area contributed by atoms with Crippen LogP contribution in [0.3, 0.4) is 0 Å². The van der Waals surface area contributed by atoms with Crippen molar-refractivity contribution >= 4 is 5.78 Å². The van der Waals surface area contributed by atoms with Crippen LogP contribution in [-0.4, -0.2) is 12.9 Å². The second-order valence-corrected chi connectivity index (χ2v) is 4.22. The predicted molar refractivity (Wildman–Crippen MR) is 73.8 cm³/mol. The van der Waals surface area contributed by atoms with Crippen LogP contribution >= 0.6 is 0 Å². The molecule has 0 aliphatic carbocycles. The summed E-state index contributed by atoms with van der Waals surface area (Å²) in [5.41, 5.74) is 1.71. The summed E-state index contributed by atoms with van der Waals surface area (Å²) in [5.74, 6) is 1.56. The molecular weight excluding hydrogens is 240 g/mol. The summed E-state index contributed by atoms with van der Waals surface area (Å²) in [5, 5.41) is 0. The third kappa shape index (κ3) is 3.58. The van der Waals surface area contributed by atoms with E-state index in [0.29, 0.717) is 17.9 Å². The molecule has 0 unspecified atom stereocenters. The quantitative estimate of drug-likeness (QED) is 0.768. The number of ketones is 1. The van der Waals surface area contributed by atoms with Gasteiger partial charge in [0, 0.05) is 5.56 Å². The van der Waals surface area contributed by atoms with E-state index in [1.165, 1.54) is 0 Å². The monoisotopic (exact) mass is 256 g/mol. The molecule has 3 nitrogen and oxygen atoms in total. The molecule has 0 saturated carbocycles. The minimum Gasteiger partial charge on any atom is -0.497 e. The summed E-state index contributed by atoms with van der Waals surface area (Å²) in [7, 11) is 1.64. The van der Waals surface area contributed by atoms with Gasteiger partial charge < -0.3 is 9.47 Å². The van der Waals surface area contributed by atoms with Crippen molar-refractivity contribution < 1.29 is 14.3 Å². The fraction of sp³-hybridized carbons (Fsp3) is 0.188. The summed E-state index contributed by atoms with van der Waals surface area (Å²) in [4.78, 5) is 11.3. The minimum atomic E-state index is 0.0369. The van der Waals surface area contributed by atoms with Gasteiger partial charge in [0.15, 0.2) is 5.78 Å². The molecule has 2 aromatic rings. The Morgan fingerprint density at radius 3 is 2.42 bits per heavy atom. The van der Waals surface area contributed by atoms with Gasteiger partial charge in [-0.05, 0) is 36.8 Å². The molecule has 0 spiro atoms. The highest BCUT2D eigenvalue weighted by Gasteiger charge is 2.02. The Bertz CT molecular complexity index is 558. The van der Waals surface area contributed by atoms with Crippen LogP contribution in [0.4, 0.5) is 0 Å². The summed E-state index contributed by atoms with van der Waals surface area (Å²) in [6, 6.07) is 14.9. The molecule has 0 atom stereocenters. The normalized spacial score (nSPS) is 10.0. The lowest BCUT2D eigenvalue weighted by Crippen LogP contribution is -1.97. The third-order valence-corrected chi connectivity index (χ3v) is 2.81. The highest BCUT2D eigenvalue weighted by molar-refractivity contribution is 5.94. The maximum absolute atomic E-state index is 11.3. The molecule has 3 heteroatoms. The second kappa shape index (κ2) is 6.05. The number of methoxy groups -OCH3 is 1. The van der Waals surface area contributed by atoms with Crippen LogP contribution in [0.25, 0.3) is 0 Å². The first-order chi connectivity index (χ1) is 9.19. The van der Waals surface area contributed by atoms with Crippen molar-refractivity contribution in [3.63, 3.8) is 0 Å². The Balaban J connectivity index is 2.01. The third-order valence-electron chi connectivity index (χ3n) is 2.81. The van der Waals surface area contributed by atoms with E-state index in [0.717, 1.165) is 11.3 Å². The maximum Gasteiger partial charge on any atom is 0.159 e. The van der Waals surface area contributed by atoms with Crippen molar-refractivity contribution in [2.24, 2.45) is 0 Å². The van der Waals surface area contributed by atoms with E-state index in [1.54, 1.807) is 26.2 Å². The molecule has 0 amide bonds. The van der Waals surface area contributed by atoms with Gasteiger partial charge in [-0.25, -0.2) is 0 Å². The molecule has 0 aromatic heterocycles. The molecule has 0 aliphatic rings. The number of benzene rings is 2. The number of hydrogen-bond acceptors (Lipinski definition) is 3. The molecule has 19 heavy (non-hydrogen) atoms. The number of hydrogen-bond donors (Lipinski definition) is 0. The van der Waals surface area contributed by atoms with Gasteiger partial charge in [0.05, 0.1) is 7.11 Å². The Hall–Kier alpha value is -2.29. The van der Waals surface area contributed by atoms with Crippen LogP contribution < -0.4 is 9.47 Å². The Labute approximate surface area is 112 Å². The summed E-state index contributed by atoms with van der Waals surface area (Å²) in [6.07, 6.45) is 0. The Morgan fingerprint density at radius 2 is 1.79 bits per heavy atom. The number of rotatable bonds is 5. The topological polar surface area (TPSA) is 35.5 Å². The standard InChI is InChI=1S/C16H16O3/c1-12(17)14-4-3-5-16(10-14)19-11-13-6-8-15(18-2)9-7-13/h3-10H,11H2,1-2H3. The van der Waals surface area contributed by atoms with E-state index in [2.05, 4.69) is 0 Å². The molecule has 0 saturated heterocycles. The van der Waals surface area contributed by atoms with Crippen molar-refractivity contribution in [1.29, 1.82) is 0 Å². The first kappa shape index (κ1) is 13.1. The van der Waals surface area contributed by atoms with Gasteiger partial charge in [0.2, 0.25) is 0 Å². The average molecular weight is 256 g/mol. The van der Waals surface area contributed by atoms with Crippen LogP contribution in [-0.2, 0) is 6.61 Å². The van der Waals surface area contributed by atoms with E-state index in [9.17, 15) is 4.79 Å².